The highest BCUT2D eigenvalue weighted by Crippen LogP contribution is 2.45. The van der Waals surface area contributed by atoms with E-state index in [1.54, 1.807) is 0 Å². The standard InChI is InChI=1S/C50H30O2/c1-2-11-31(12-3-1)34-13-10-14-36(29-34)48-40-18-6-4-16-38(40)47(39-17-5-7-19-41(39)48)33-23-21-32(22-24-33)35-25-28-46-44(30-35)43-27-26-42-37-15-8-9-20-45(37)51-49(42)50(43)52-46/h1-30H. The van der Waals surface area contributed by atoms with Crippen LogP contribution in [0.1, 0.15) is 0 Å². The fraction of sp³-hybridized carbons (Fsp3) is 0. The molecule has 0 aliphatic heterocycles. The van der Waals surface area contributed by atoms with Crippen molar-refractivity contribution in [3.05, 3.63) is 182 Å². The van der Waals surface area contributed by atoms with Crippen molar-refractivity contribution in [1.82, 2.24) is 0 Å². The van der Waals surface area contributed by atoms with Crippen molar-refractivity contribution in [2.24, 2.45) is 0 Å². The summed E-state index contributed by atoms with van der Waals surface area (Å²) in [5.41, 5.74) is 13.0. The van der Waals surface area contributed by atoms with E-state index in [1.807, 2.05) is 18.2 Å². The minimum absolute atomic E-state index is 0.796. The van der Waals surface area contributed by atoms with Crippen molar-refractivity contribution in [3.8, 4) is 44.5 Å². The summed E-state index contributed by atoms with van der Waals surface area (Å²) >= 11 is 0. The van der Waals surface area contributed by atoms with Crippen LogP contribution in [0.3, 0.4) is 0 Å². The lowest BCUT2D eigenvalue weighted by Gasteiger charge is -2.18. The lowest BCUT2D eigenvalue weighted by molar-refractivity contribution is 0.633. The minimum Gasteiger partial charge on any atom is -0.452 e. The van der Waals surface area contributed by atoms with Gasteiger partial charge in [0.05, 0.1) is 0 Å². The Morgan fingerprint density at radius 2 is 0.673 bits per heavy atom. The van der Waals surface area contributed by atoms with Gasteiger partial charge in [0.2, 0.25) is 0 Å². The van der Waals surface area contributed by atoms with Gasteiger partial charge in [-0.15, -0.1) is 0 Å². The van der Waals surface area contributed by atoms with Crippen LogP contribution in [0.2, 0.25) is 0 Å². The van der Waals surface area contributed by atoms with Crippen LogP contribution in [0.15, 0.2) is 191 Å². The summed E-state index contributed by atoms with van der Waals surface area (Å²) < 4.78 is 12.7. The highest BCUT2D eigenvalue weighted by Gasteiger charge is 2.19. The van der Waals surface area contributed by atoms with Crippen LogP contribution in [0, 0.1) is 0 Å². The van der Waals surface area contributed by atoms with E-state index in [0.717, 1.165) is 55.0 Å². The summed E-state index contributed by atoms with van der Waals surface area (Å²) in [5, 5.41) is 9.33. The van der Waals surface area contributed by atoms with Gasteiger partial charge in [-0.2, -0.15) is 0 Å². The van der Waals surface area contributed by atoms with Gasteiger partial charge in [0.1, 0.15) is 11.2 Å². The molecule has 2 nitrogen and oxygen atoms in total. The molecule has 0 aliphatic rings. The molecule has 0 fully saturated rings. The molecule has 0 N–H and O–H groups in total. The molecule has 0 unspecified atom stereocenters. The van der Waals surface area contributed by atoms with Crippen LogP contribution in [-0.2, 0) is 0 Å². The van der Waals surface area contributed by atoms with E-state index < -0.39 is 0 Å². The van der Waals surface area contributed by atoms with Crippen molar-refractivity contribution < 1.29 is 8.83 Å². The van der Waals surface area contributed by atoms with Gasteiger partial charge in [-0.3, -0.25) is 0 Å². The molecule has 0 saturated carbocycles. The Morgan fingerprint density at radius 3 is 1.35 bits per heavy atom. The van der Waals surface area contributed by atoms with Crippen LogP contribution >= 0.6 is 0 Å². The Hall–Kier alpha value is -6.90. The maximum atomic E-state index is 6.42. The molecule has 0 aliphatic carbocycles. The molecule has 0 spiro atoms. The number of rotatable bonds is 4. The first-order chi connectivity index (χ1) is 25.8. The van der Waals surface area contributed by atoms with Crippen LogP contribution in [0.4, 0.5) is 0 Å². The lowest BCUT2D eigenvalue weighted by Crippen LogP contribution is -1.91. The zero-order valence-corrected chi connectivity index (χ0v) is 28.1. The molecule has 0 radical (unpaired) electrons. The highest BCUT2D eigenvalue weighted by molar-refractivity contribution is 6.22. The van der Waals surface area contributed by atoms with Gasteiger partial charge >= 0.3 is 0 Å². The zero-order valence-electron chi connectivity index (χ0n) is 28.1. The normalized spacial score (nSPS) is 11.8. The zero-order chi connectivity index (χ0) is 34.2. The minimum atomic E-state index is 0.796. The van der Waals surface area contributed by atoms with Crippen molar-refractivity contribution in [1.29, 1.82) is 0 Å². The van der Waals surface area contributed by atoms with Crippen molar-refractivity contribution in [2.75, 3.05) is 0 Å². The fourth-order valence-corrected chi connectivity index (χ4v) is 8.26. The maximum Gasteiger partial charge on any atom is 0.178 e. The van der Waals surface area contributed by atoms with Gasteiger partial charge in [-0.25, -0.2) is 0 Å². The number of benzene rings is 9. The van der Waals surface area contributed by atoms with E-state index in [2.05, 4.69) is 164 Å². The van der Waals surface area contributed by atoms with Gasteiger partial charge in [-0.1, -0.05) is 146 Å². The molecular weight excluding hydrogens is 633 g/mol. The monoisotopic (exact) mass is 662 g/mol. The summed E-state index contributed by atoms with van der Waals surface area (Å²) in [4.78, 5) is 0. The van der Waals surface area contributed by atoms with Crippen molar-refractivity contribution >= 4 is 65.4 Å². The Labute approximate surface area is 299 Å². The van der Waals surface area contributed by atoms with Crippen LogP contribution in [0.5, 0.6) is 0 Å². The SMILES string of the molecule is c1ccc(-c2cccc(-c3c4ccccc4c(-c4ccc(-c5ccc6oc7c(ccc8c9ccccc9oc87)c6c5)cc4)c4ccccc34)c2)cc1. The van der Waals surface area contributed by atoms with E-state index in [0.29, 0.717) is 0 Å². The molecule has 0 atom stereocenters. The lowest BCUT2D eigenvalue weighted by atomic mass is 9.85. The Bertz CT molecular complexity index is 3100. The third-order valence-corrected chi connectivity index (χ3v) is 10.7. The summed E-state index contributed by atoms with van der Waals surface area (Å²) in [6.07, 6.45) is 0. The Morgan fingerprint density at radius 1 is 0.231 bits per heavy atom. The fourth-order valence-electron chi connectivity index (χ4n) is 8.26. The van der Waals surface area contributed by atoms with E-state index in [1.165, 1.54) is 54.9 Å². The summed E-state index contributed by atoms with van der Waals surface area (Å²) in [6, 6.07) is 65.3. The van der Waals surface area contributed by atoms with Crippen LogP contribution in [0.25, 0.3) is 110 Å². The second kappa shape index (κ2) is 11.3. The smallest absolute Gasteiger partial charge is 0.178 e. The quantitative estimate of drug-likeness (QED) is 0.175. The molecular formula is C50H30O2. The molecule has 2 heterocycles. The van der Waals surface area contributed by atoms with Crippen molar-refractivity contribution in [3.63, 3.8) is 0 Å². The molecule has 9 aromatic carbocycles. The third kappa shape index (κ3) is 4.38. The average Bonchev–Trinajstić information content (AvgIpc) is 3.79. The number of furan rings is 2. The molecule has 11 aromatic rings. The van der Waals surface area contributed by atoms with Crippen molar-refractivity contribution in [2.45, 2.75) is 0 Å². The maximum absolute atomic E-state index is 6.42. The van der Waals surface area contributed by atoms with E-state index >= 15 is 0 Å². The third-order valence-electron chi connectivity index (χ3n) is 10.7. The molecule has 2 aromatic heterocycles. The second-order valence-electron chi connectivity index (χ2n) is 13.6. The van der Waals surface area contributed by atoms with Gasteiger partial charge in [0.15, 0.2) is 11.2 Å². The molecule has 0 bridgehead atoms. The summed E-state index contributed by atoms with van der Waals surface area (Å²) in [5.74, 6) is 0. The number of hydrogen-bond donors (Lipinski definition) is 0. The second-order valence-corrected chi connectivity index (χ2v) is 13.6. The Kier molecular flexibility index (Phi) is 6.28. The predicted octanol–water partition coefficient (Wildman–Crippen LogP) is 14.5. The number of hydrogen-bond acceptors (Lipinski definition) is 2. The molecule has 11 rings (SSSR count). The first-order valence-corrected chi connectivity index (χ1v) is 17.8. The van der Waals surface area contributed by atoms with Crippen LogP contribution in [-0.4, -0.2) is 0 Å². The Balaban J connectivity index is 1.04. The number of fused-ring (bicyclic) bond motifs is 9. The first-order valence-electron chi connectivity index (χ1n) is 17.8. The van der Waals surface area contributed by atoms with Gasteiger partial charge < -0.3 is 8.83 Å². The van der Waals surface area contributed by atoms with E-state index in [4.69, 9.17) is 8.83 Å². The summed E-state index contributed by atoms with van der Waals surface area (Å²) in [7, 11) is 0. The van der Waals surface area contributed by atoms with Crippen LogP contribution < -0.4 is 0 Å². The van der Waals surface area contributed by atoms with E-state index in [9.17, 15) is 0 Å². The van der Waals surface area contributed by atoms with Gasteiger partial charge in [0, 0.05) is 21.5 Å². The van der Waals surface area contributed by atoms with Gasteiger partial charge in [0.25, 0.3) is 0 Å². The highest BCUT2D eigenvalue weighted by atomic mass is 16.4. The average molecular weight is 663 g/mol. The molecule has 242 valence electrons. The largest absolute Gasteiger partial charge is 0.452 e. The summed E-state index contributed by atoms with van der Waals surface area (Å²) in [6.45, 7) is 0. The topological polar surface area (TPSA) is 26.3 Å². The molecule has 2 heteroatoms. The van der Waals surface area contributed by atoms with E-state index in [-0.39, 0.29) is 0 Å². The molecule has 0 amide bonds. The van der Waals surface area contributed by atoms with Gasteiger partial charge in [-0.05, 0) is 102 Å². The molecule has 0 saturated heterocycles. The predicted molar refractivity (Wildman–Crippen MR) is 218 cm³/mol. The number of para-hydroxylation sites is 1. The first kappa shape index (κ1) is 28.9. The molecule has 52 heavy (non-hydrogen) atoms.